The Hall–Kier alpha value is -1.18. The van der Waals surface area contributed by atoms with Gasteiger partial charge in [-0.3, -0.25) is 0 Å². The first kappa shape index (κ1) is 14.9. The molecule has 102 valence electrons. The summed E-state index contributed by atoms with van der Waals surface area (Å²) in [5, 5.41) is 0. The SMILES string of the molecule is CC(C)CC(C)NS(=O)(=O)c1cccnc1NN. The van der Waals surface area contributed by atoms with E-state index < -0.39 is 10.0 Å². The molecule has 18 heavy (non-hydrogen) atoms. The fourth-order valence-corrected chi connectivity index (χ4v) is 3.18. The zero-order valence-electron chi connectivity index (χ0n) is 10.8. The van der Waals surface area contributed by atoms with Crippen LogP contribution in [0.5, 0.6) is 0 Å². The summed E-state index contributed by atoms with van der Waals surface area (Å²) in [4.78, 5) is 3.93. The molecular formula is C11H20N4O2S. The van der Waals surface area contributed by atoms with Crippen molar-refractivity contribution >= 4 is 15.8 Å². The van der Waals surface area contributed by atoms with Gasteiger partial charge in [-0.2, -0.15) is 0 Å². The van der Waals surface area contributed by atoms with Gasteiger partial charge in [0.15, 0.2) is 5.82 Å². The van der Waals surface area contributed by atoms with Gasteiger partial charge < -0.3 is 5.43 Å². The molecule has 1 unspecified atom stereocenters. The maximum atomic E-state index is 12.2. The zero-order valence-corrected chi connectivity index (χ0v) is 11.7. The Balaban J connectivity index is 2.93. The lowest BCUT2D eigenvalue weighted by Gasteiger charge is -2.17. The van der Waals surface area contributed by atoms with E-state index in [9.17, 15) is 8.42 Å². The number of anilines is 1. The van der Waals surface area contributed by atoms with E-state index >= 15 is 0 Å². The maximum Gasteiger partial charge on any atom is 0.244 e. The minimum Gasteiger partial charge on any atom is -0.307 e. The number of nitrogens with zero attached hydrogens (tertiary/aromatic N) is 1. The highest BCUT2D eigenvalue weighted by atomic mass is 32.2. The van der Waals surface area contributed by atoms with Crippen LogP contribution in [-0.4, -0.2) is 19.4 Å². The Morgan fingerprint density at radius 2 is 2.06 bits per heavy atom. The molecule has 0 aromatic carbocycles. The first-order valence-corrected chi connectivity index (χ1v) is 7.29. The molecule has 0 saturated carbocycles. The summed E-state index contributed by atoms with van der Waals surface area (Å²) in [5.74, 6) is 5.81. The van der Waals surface area contributed by atoms with Crippen LogP contribution in [0.15, 0.2) is 23.2 Å². The van der Waals surface area contributed by atoms with Crippen LogP contribution in [0.2, 0.25) is 0 Å². The summed E-state index contributed by atoms with van der Waals surface area (Å²) < 4.78 is 26.9. The second-order valence-corrected chi connectivity index (χ2v) is 6.33. The lowest BCUT2D eigenvalue weighted by molar-refractivity contribution is 0.482. The molecular weight excluding hydrogens is 252 g/mol. The molecule has 6 nitrogen and oxygen atoms in total. The zero-order chi connectivity index (χ0) is 13.8. The van der Waals surface area contributed by atoms with Gasteiger partial charge in [0.25, 0.3) is 0 Å². The predicted octanol–water partition coefficient (Wildman–Crippen LogP) is 1.08. The van der Waals surface area contributed by atoms with Crippen molar-refractivity contribution in [1.82, 2.24) is 9.71 Å². The van der Waals surface area contributed by atoms with Crippen LogP contribution in [0.3, 0.4) is 0 Å². The van der Waals surface area contributed by atoms with Crippen LogP contribution in [0.4, 0.5) is 5.82 Å². The highest BCUT2D eigenvalue weighted by Gasteiger charge is 2.21. The van der Waals surface area contributed by atoms with Gasteiger partial charge in [0.2, 0.25) is 10.0 Å². The number of nitrogens with two attached hydrogens (primary N) is 1. The standard InChI is InChI=1S/C11H20N4O2S/c1-8(2)7-9(3)15-18(16,17)10-5-4-6-13-11(10)14-12/h4-6,8-9,15H,7,12H2,1-3H3,(H,13,14). The Kier molecular flexibility index (Phi) is 5.06. The van der Waals surface area contributed by atoms with Crippen molar-refractivity contribution in [1.29, 1.82) is 0 Å². The van der Waals surface area contributed by atoms with Crippen molar-refractivity contribution in [3.63, 3.8) is 0 Å². The summed E-state index contributed by atoms with van der Waals surface area (Å²) in [5.41, 5.74) is 2.29. The normalized spacial score (nSPS) is 13.6. The summed E-state index contributed by atoms with van der Waals surface area (Å²) >= 11 is 0. The fourth-order valence-electron chi connectivity index (χ4n) is 1.80. The van der Waals surface area contributed by atoms with E-state index in [1.54, 1.807) is 6.07 Å². The molecule has 0 saturated heterocycles. The second kappa shape index (κ2) is 6.12. The van der Waals surface area contributed by atoms with Crippen LogP contribution in [0, 0.1) is 5.92 Å². The predicted molar refractivity (Wildman–Crippen MR) is 71.3 cm³/mol. The smallest absolute Gasteiger partial charge is 0.244 e. The summed E-state index contributed by atoms with van der Waals surface area (Å²) in [7, 11) is -3.60. The maximum absolute atomic E-state index is 12.2. The van der Waals surface area contributed by atoms with Crippen LogP contribution in [0.25, 0.3) is 0 Å². The topological polar surface area (TPSA) is 97.1 Å². The second-order valence-electron chi connectivity index (χ2n) is 4.65. The van der Waals surface area contributed by atoms with Crippen molar-refractivity contribution in [3.05, 3.63) is 18.3 Å². The van der Waals surface area contributed by atoms with E-state index in [1.807, 2.05) is 20.8 Å². The average Bonchev–Trinajstić information content (AvgIpc) is 2.27. The Morgan fingerprint density at radius 3 is 2.61 bits per heavy atom. The van der Waals surface area contributed by atoms with E-state index in [1.165, 1.54) is 12.3 Å². The van der Waals surface area contributed by atoms with Crippen LogP contribution in [-0.2, 0) is 10.0 Å². The highest BCUT2D eigenvalue weighted by Crippen LogP contribution is 2.17. The molecule has 1 aromatic heterocycles. The molecule has 1 atom stereocenters. The number of hydrogen-bond acceptors (Lipinski definition) is 5. The first-order chi connectivity index (χ1) is 8.36. The van der Waals surface area contributed by atoms with E-state index in [0.717, 1.165) is 6.42 Å². The number of pyridine rings is 1. The molecule has 4 N–H and O–H groups in total. The summed E-state index contributed by atoms with van der Waals surface area (Å²) in [6.45, 7) is 5.92. The van der Waals surface area contributed by atoms with Gasteiger partial charge in [-0.15, -0.1) is 0 Å². The van der Waals surface area contributed by atoms with Crippen LogP contribution < -0.4 is 16.0 Å². The molecule has 0 fully saturated rings. The Morgan fingerprint density at radius 1 is 1.39 bits per heavy atom. The van der Waals surface area contributed by atoms with E-state index in [4.69, 9.17) is 5.84 Å². The van der Waals surface area contributed by atoms with Crippen LogP contribution in [0.1, 0.15) is 27.2 Å². The molecule has 0 aliphatic rings. The molecule has 0 aliphatic carbocycles. The van der Waals surface area contributed by atoms with E-state index in [0.29, 0.717) is 5.92 Å². The molecule has 7 heteroatoms. The largest absolute Gasteiger partial charge is 0.307 e. The third-order valence-corrected chi connectivity index (χ3v) is 4.00. The van der Waals surface area contributed by atoms with Gasteiger partial charge in [-0.1, -0.05) is 13.8 Å². The molecule has 0 spiro atoms. The lowest BCUT2D eigenvalue weighted by Crippen LogP contribution is -2.34. The number of sulfonamides is 1. The third-order valence-electron chi connectivity index (χ3n) is 2.38. The van der Waals surface area contributed by atoms with Gasteiger partial charge >= 0.3 is 0 Å². The van der Waals surface area contributed by atoms with Crippen molar-refractivity contribution in [2.24, 2.45) is 11.8 Å². The quantitative estimate of drug-likeness (QED) is 0.532. The van der Waals surface area contributed by atoms with Crippen molar-refractivity contribution in [3.8, 4) is 0 Å². The monoisotopic (exact) mass is 272 g/mol. The Labute approximate surface area is 108 Å². The molecule has 0 radical (unpaired) electrons. The Bertz CT molecular complexity index is 488. The lowest BCUT2D eigenvalue weighted by atomic mass is 10.1. The summed E-state index contributed by atoms with van der Waals surface area (Å²) in [6, 6.07) is 2.88. The van der Waals surface area contributed by atoms with Gasteiger partial charge in [0.05, 0.1) is 0 Å². The van der Waals surface area contributed by atoms with E-state index in [-0.39, 0.29) is 16.8 Å². The molecule has 0 aliphatic heterocycles. The molecule has 0 amide bonds. The molecule has 0 bridgehead atoms. The van der Waals surface area contributed by atoms with Crippen molar-refractivity contribution in [2.45, 2.75) is 38.1 Å². The van der Waals surface area contributed by atoms with Crippen molar-refractivity contribution in [2.75, 3.05) is 5.43 Å². The van der Waals surface area contributed by atoms with Gasteiger partial charge in [0.1, 0.15) is 4.90 Å². The van der Waals surface area contributed by atoms with E-state index in [2.05, 4.69) is 15.1 Å². The molecule has 1 aromatic rings. The van der Waals surface area contributed by atoms with Gasteiger partial charge in [0, 0.05) is 12.2 Å². The van der Waals surface area contributed by atoms with Gasteiger partial charge in [-0.25, -0.2) is 24.0 Å². The van der Waals surface area contributed by atoms with Gasteiger partial charge in [-0.05, 0) is 31.4 Å². The van der Waals surface area contributed by atoms with Crippen LogP contribution >= 0.6 is 0 Å². The third kappa shape index (κ3) is 3.94. The summed E-state index contributed by atoms with van der Waals surface area (Å²) in [6.07, 6.45) is 2.25. The fraction of sp³-hybridized carbons (Fsp3) is 0.545. The molecule has 1 heterocycles. The van der Waals surface area contributed by atoms with Crippen molar-refractivity contribution < 1.29 is 8.42 Å². The minimum absolute atomic E-state index is 0.0584. The average molecular weight is 272 g/mol. The number of hydrazine groups is 1. The number of nitrogen functional groups attached to an aromatic ring is 1. The first-order valence-electron chi connectivity index (χ1n) is 5.80. The highest BCUT2D eigenvalue weighted by molar-refractivity contribution is 7.89. The number of aromatic nitrogens is 1. The molecule has 1 rings (SSSR count). The number of nitrogens with one attached hydrogen (secondary N) is 2. The number of hydrogen-bond donors (Lipinski definition) is 3. The number of rotatable bonds is 6. The minimum atomic E-state index is -3.60.